The van der Waals surface area contributed by atoms with Crippen LogP contribution in [0.2, 0.25) is 5.02 Å². The van der Waals surface area contributed by atoms with E-state index in [2.05, 4.69) is 9.97 Å². The number of benzene rings is 1. The number of carbonyl (C=O) groups is 1. The number of ether oxygens (including phenoxy) is 1. The summed E-state index contributed by atoms with van der Waals surface area (Å²) in [4.78, 5) is 21.0. The summed E-state index contributed by atoms with van der Waals surface area (Å²) in [6, 6.07) is 4.02. The van der Waals surface area contributed by atoms with Gasteiger partial charge in [-0.1, -0.05) is 11.6 Å². The number of hydrogen-bond acceptors (Lipinski definition) is 4. The van der Waals surface area contributed by atoms with Crippen molar-refractivity contribution in [3.63, 3.8) is 0 Å². The largest absolute Gasteiger partial charge is 0.446 e. The van der Waals surface area contributed by atoms with Gasteiger partial charge in [0, 0.05) is 11.4 Å². The normalized spacial score (nSPS) is 16.7. The number of aromatic nitrogens is 3. The zero-order valence-electron chi connectivity index (χ0n) is 15.6. The Balaban J connectivity index is 1.82. The van der Waals surface area contributed by atoms with E-state index in [9.17, 15) is 26.7 Å². The van der Waals surface area contributed by atoms with Gasteiger partial charge in [0.1, 0.15) is 30.1 Å². The predicted molar refractivity (Wildman–Crippen MR) is 99.0 cm³/mol. The van der Waals surface area contributed by atoms with Gasteiger partial charge >= 0.3 is 12.3 Å². The molecule has 1 atom stereocenters. The first-order valence-corrected chi connectivity index (χ1v) is 9.14. The highest BCUT2D eigenvalue weighted by molar-refractivity contribution is 6.30. The van der Waals surface area contributed by atoms with E-state index in [4.69, 9.17) is 16.3 Å². The number of cyclic esters (lactones) is 1. The van der Waals surface area contributed by atoms with Crippen LogP contribution in [-0.4, -0.2) is 27.2 Å². The van der Waals surface area contributed by atoms with Crippen molar-refractivity contribution in [3.05, 3.63) is 70.4 Å². The molecule has 1 amide bonds. The van der Waals surface area contributed by atoms with Gasteiger partial charge in [-0.25, -0.2) is 24.1 Å². The van der Waals surface area contributed by atoms with Crippen molar-refractivity contribution in [3.8, 4) is 5.69 Å². The van der Waals surface area contributed by atoms with Gasteiger partial charge in [-0.2, -0.15) is 17.6 Å². The van der Waals surface area contributed by atoms with Gasteiger partial charge in [0.15, 0.2) is 0 Å². The Morgan fingerprint density at radius 1 is 1.16 bits per heavy atom. The Morgan fingerprint density at radius 2 is 1.90 bits per heavy atom. The molecule has 1 saturated heterocycles. The molecule has 0 spiro atoms. The van der Waals surface area contributed by atoms with E-state index < -0.39 is 35.6 Å². The van der Waals surface area contributed by atoms with Gasteiger partial charge in [0.25, 0.3) is 0 Å². The van der Waals surface area contributed by atoms with Gasteiger partial charge in [0.2, 0.25) is 5.95 Å². The highest BCUT2D eigenvalue weighted by Crippen LogP contribution is 2.37. The van der Waals surface area contributed by atoms with Crippen LogP contribution in [0.25, 0.3) is 5.69 Å². The van der Waals surface area contributed by atoms with E-state index in [1.807, 2.05) is 0 Å². The van der Waals surface area contributed by atoms with Crippen LogP contribution in [0.3, 0.4) is 0 Å². The van der Waals surface area contributed by atoms with Crippen LogP contribution >= 0.6 is 11.6 Å². The zero-order valence-corrected chi connectivity index (χ0v) is 16.4. The standard InChI is InChI=1S/C19H12ClF5N4O2/c1-9-4-10(19(23,24)25)5-16(26-9)29-14(8-31-18(29)30)17-27-15(22)7-28(17)11-2-3-13(21)12(20)6-11/h2-7,14H,8H2,1H3. The number of imidazole rings is 1. The summed E-state index contributed by atoms with van der Waals surface area (Å²) in [6.07, 6.45) is -4.66. The molecule has 3 aromatic rings. The molecular formula is C19H12ClF5N4O2. The number of nitrogens with zero attached hydrogens (tertiary/aromatic N) is 4. The molecule has 1 aliphatic rings. The minimum atomic E-state index is -4.67. The lowest BCUT2D eigenvalue weighted by Crippen LogP contribution is -2.30. The van der Waals surface area contributed by atoms with Gasteiger partial charge in [0.05, 0.1) is 16.8 Å². The molecule has 0 bridgehead atoms. The Hall–Kier alpha value is -3.21. The number of halogens is 6. The molecule has 1 aliphatic heterocycles. The van der Waals surface area contributed by atoms with Crippen LogP contribution in [0.4, 0.5) is 32.6 Å². The maximum absolute atomic E-state index is 14.1. The van der Waals surface area contributed by atoms with Crippen LogP contribution in [-0.2, 0) is 10.9 Å². The minimum absolute atomic E-state index is 0.0168. The van der Waals surface area contributed by atoms with E-state index in [-0.39, 0.29) is 34.7 Å². The zero-order chi connectivity index (χ0) is 22.5. The monoisotopic (exact) mass is 458 g/mol. The van der Waals surface area contributed by atoms with Crippen molar-refractivity contribution in [2.75, 3.05) is 11.5 Å². The van der Waals surface area contributed by atoms with Gasteiger partial charge in [-0.05, 0) is 37.3 Å². The molecule has 162 valence electrons. The number of hydrogen-bond donors (Lipinski definition) is 0. The van der Waals surface area contributed by atoms with Crippen molar-refractivity contribution >= 4 is 23.5 Å². The molecule has 2 aromatic heterocycles. The molecule has 1 aromatic carbocycles. The molecule has 0 aliphatic carbocycles. The second-order valence-electron chi connectivity index (χ2n) is 6.71. The van der Waals surface area contributed by atoms with Crippen molar-refractivity contribution in [2.45, 2.75) is 19.1 Å². The van der Waals surface area contributed by atoms with Crippen LogP contribution < -0.4 is 4.90 Å². The third-order valence-electron chi connectivity index (χ3n) is 4.57. The summed E-state index contributed by atoms with van der Waals surface area (Å²) in [5.41, 5.74) is -0.762. The van der Waals surface area contributed by atoms with Crippen molar-refractivity contribution in [2.24, 2.45) is 0 Å². The predicted octanol–water partition coefficient (Wildman–Crippen LogP) is 5.22. The smallest absolute Gasteiger partial charge is 0.416 e. The van der Waals surface area contributed by atoms with Crippen LogP contribution in [0.5, 0.6) is 0 Å². The topological polar surface area (TPSA) is 60.3 Å². The maximum atomic E-state index is 14.1. The first kappa shape index (κ1) is 21.0. The van der Waals surface area contributed by atoms with Crippen molar-refractivity contribution in [1.29, 1.82) is 0 Å². The summed E-state index contributed by atoms with van der Waals surface area (Å²) in [5, 5.41) is -0.233. The van der Waals surface area contributed by atoms with Gasteiger partial charge in [-0.15, -0.1) is 0 Å². The molecule has 0 saturated carbocycles. The van der Waals surface area contributed by atoms with E-state index in [1.54, 1.807) is 0 Å². The molecule has 12 heteroatoms. The Labute approximate surface area is 176 Å². The second-order valence-corrected chi connectivity index (χ2v) is 7.11. The number of carbonyl (C=O) groups excluding carboxylic acids is 1. The summed E-state index contributed by atoms with van der Waals surface area (Å²) in [6.45, 7) is 1.03. The van der Waals surface area contributed by atoms with E-state index in [0.717, 1.165) is 23.2 Å². The van der Waals surface area contributed by atoms with Crippen molar-refractivity contribution < 1.29 is 31.5 Å². The Kier molecular flexibility index (Phi) is 5.08. The molecule has 0 radical (unpaired) electrons. The molecular weight excluding hydrogens is 447 g/mol. The summed E-state index contributed by atoms with van der Waals surface area (Å²) in [5.74, 6) is -2.02. The fourth-order valence-electron chi connectivity index (χ4n) is 3.24. The van der Waals surface area contributed by atoms with E-state index in [1.165, 1.54) is 23.6 Å². The quantitative estimate of drug-likeness (QED) is 0.505. The average Bonchev–Trinajstić information content (AvgIpc) is 3.25. The Morgan fingerprint density at radius 3 is 2.58 bits per heavy atom. The highest BCUT2D eigenvalue weighted by atomic mass is 35.5. The van der Waals surface area contributed by atoms with E-state index in [0.29, 0.717) is 6.07 Å². The first-order valence-electron chi connectivity index (χ1n) is 8.76. The van der Waals surface area contributed by atoms with Gasteiger partial charge in [-0.3, -0.25) is 4.57 Å². The van der Waals surface area contributed by atoms with Crippen LogP contribution in [0, 0.1) is 18.7 Å². The first-order chi connectivity index (χ1) is 14.5. The SMILES string of the molecule is Cc1cc(C(F)(F)F)cc(N2C(=O)OCC2c2nc(F)cn2-c2ccc(F)c(Cl)c2)n1. The number of aryl methyl sites for hydroxylation is 1. The molecule has 3 heterocycles. The van der Waals surface area contributed by atoms with Gasteiger partial charge < -0.3 is 4.74 Å². The van der Waals surface area contributed by atoms with E-state index >= 15 is 0 Å². The summed E-state index contributed by atoms with van der Waals surface area (Å²) in [7, 11) is 0. The number of rotatable bonds is 3. The van der Waals surface area contributed by atoms with Crippen LogP contribution in [0.15, 0.2) is 36.5 Å². The molecule has 6 nitrogen and oxygen atoms in total. The second kappa shape index (κ2) is 7.49. The minimum Gasteiger partial charge on any atom is -0.446 e. The third-order valence-corrected chi connectivity index (χ3v) is 4.86. The lowest BCUT2D eigenvalue weighted by Gasteiger charge is -2.22. The molecule has 31 heavy (non-hydrogen) atoms. The average molecular weight is 459 g/mol. The number of amides is 1. The molecule has 1 unspecified atom stereocenters. The fourth-order valence-corrected chi connectivity index (χ4v) is 3.42. The third kappa shape index (κ3) is 3.92. The molecule has 1 fully saturated rings. The number of anilines is 1. The van der Waals surface area contributed by atoms with Crippen LogP contribution in [0.1, 0.15) is 23.1 Å². The lowest BCUT2D eigenvalue weighted by atomic mass is 10.2. The lowest BCUT2D eigenvalue weighted by molar-refractivity contribution is -0.137. The number of alkyl halides is 3. The van der Waals surface area contributed by atoms with Crippen molar-refractivity contribution in [1.82, 2.24) is 14.5 Å². The fraction of sp³-hybridized carbons (Fsp3) is 0.211. The number of pyridine rings is 1. The summed E-state index contributed by atoms with van der Waals surface area (Å²) < 4.78 is 73.5. The summed E-state index contributed by atoms with van der Waals surface area (Å²) >= 11 is 5.80. The highest BCUT2D eigenvalue weighted by Gasteiger charge is 2.41. The molecule has 0 N–H and O–H groups in total. The Bertz CT molecular complexity index is 1180. The molecule has 4 rings (SSSR count). The maximum Gasteiger partial charge on any atom is 0.416 e.